The lowest BCUT2D eigenvalue weighted by Gasteiger charge is -2.02. The van der Waals surface area contributed by atoms with Crippen LogP contribution in [0.3, 0.4) is 0 Å². The number of nitrogens with zero attached hydrogens (tertiary/aromatic N) is 3. The number of hydrogen-bond acceptors (Lipinski definition) is 5. The van der Waals surface area contributed by atoms with Gasteiger partial charge in [0.2, 0.25) is 0 Å². The SMILES string of the molecule is N#Cc1ccccc1OCC#Cc1cc2c(N)ncnc2[nH]1. The molecule has 3 rings (SSSR count). The van der Waals surface area contributed by atoms with Crippen LogP contribution in [0.5, 0.6) is 5.75 Å². The van der Waals surface area contributed by atoms with Crippen LogP contribution in [0, 0.1) is 23.2 Å². The first-order valence-corrected chi connectivity index (χ1v) is 6.48. The van der Waals surface area contributed by atoms with Gasteiger partial charge in [0.15, 0.2) is 0 Å². The molecule has 2 heterocycles. The molecule has 0 saturated carbocycles. The van der Waals surface area contributed by atoms with Crippen molar-refractivity contribution >= 4 is 16.9 Å². The van der Waals surface area contributed by atoms with Crippen LogP contribution in [0.4, 0.5) is 5.82 Å². The topological polar surface area (TPSA) is 101 Å². The average molecular weight is 289 g/mol. The van der Waals surface area contributed by atoms with Crippen LogP contribution in [0.2, 0.25) is 0 Å². The molecule has 0 aliphatic rings. The number of fused-ring (bicyclic) bond motifs is 1. The van der Waals surface area contributed by atoms with E-state index in [4.69, 9.17) is 15.7 Å². The lowest BCUT2D eigenvalue weighted by Crippen LogP contribution is -1.96. The number of rotatable bonds is 2. The monoisotopic (exact) mass is 289 g/mol. The van der Waals surface area contributed by atoms with Crippen molar-refractivity contribution in [3.63, 3.8) is 0 Å². The molecule has 0 saturated heterocycles. The lowest BCUT2D eigenvalue weighted by molar-refractivity contribution is 0.369. The van der Waals surface area contributed by atoms with E-state index in [9.17, 15) is 0 Å². The van der Waals surface area contributed by atoms with Crippen LogP contribution in [-0.4, -0.2) is 21.6 Å². The zero-order valence-electron chi connectivity index (χ0n) is 11.5. The summed E-state index contributed by atoms with van der Waals surface area (Å²) in [6.45, 7) is 0.176. The highest BCUT2D eigenvalue weighted by Crippen LogP contribution is 2.17. The second-order valence-corrected chi connectivity index (χ2v) is 4.40. The van der Waals surface area contributed by atoms with Gasteiger partial charge in [-0.2, -0.15) is 5.26 Å². The van der Waals surface area contributed by atoms with E-state index in [1.54, 1.807) is 24.3 Å². The van der Waals surface area contributed by atoms with E-state index in [1.165, 1.54) is 6.33 Å². The normalized spacial score (nSPS) is 9.77. The highest BCUT2D eigenvalue weighted by molar-refractivity contribution is 5.87. The van der Waals surface area contributed by atoms with Crippen molar-refractivity contribution < 1.29 is 4.74 Å². The smallest absolute Gasteiger partial charge is 0.149 e. The van der Waals surface area contributed by atoms with E-state index in [-0.39, 0.29) is 6.61 Å². The summed E-state index contributed by atoms with van der Waals surface area (Å²) in [5.41, 5.74) is 7.57. The second-order valence-electron chi connectivity index (χ2n) is 4.40. The first kappa shape index (κ1) is 13.5. The van der Waals surface area contributed by atoms with Gasteiger partial charge in [0.1, 0.15) is 36.2 Å². The fourth-order valence-electron chi connectivity index (χ4n) is 1.96. The molecule has 0 radical (unpaired) electrons. The van der Waals surface area contributed by atoms with E-state index in [0.29, 0.717) is 28.5 Å². The molecule has 0 unspecified atom stereocenters. The van der Waals surface area contributed by atoms with Crippen LogP contribution in [0.1, 0.15) is 11.3 Å². The summed E-state index contributed by atoms with van der Waals surface area (Å²) < 4.78 is 5.48. The molecule has 3 N–H and O–H groups in total. The van der Waals surface area contributed by atoms with Gasteiger partial charge < -0.3 is 15.5 Å². The first-order chi connectivity index (χ1) is 10.8. The summed E-state index contributed by atoms with van der Waals surface area (Å²) in [6, 6.07) is 10.9. The highest BCUT2D eigenvalue weighted by Gasteiger charge is 2.03. The molecule has 0 aliphatic carbocycles. The fraction of sp³-hybridized carbons (Fsp3) is 0.0625. The van der Waals surface area contributed by atoms with Crippen LogP contribution in [0.15, 0.2) is 36.7 Å². The third-order valence-corrected chi connectivity index (χ3v) is 2.99. The van der Waals surface area contributed by atoms with Gasteiger partial charge in [0.05, 0.1) is 16.6 Å². The summed E-state index contributed by atoms with van der Waals surface area (Å²) in [5.74, 6) is 6.74. The van der Waals surface area contributed by atoms with Crippen LogP contribution in [0.25, 0.3) is 11.0 Å². The van der Waals surface area contributed by atoms with Crippen molar-refractivity contribution in [3.05, 3.63) is 47.9 Å². The summed E-state index contributed by atoms with van der Waals surface area (Å²) in [5, 5.41) is 9.70. The number of hydrogen-bond donors (Lipinski definition) is 2. The lowest BCUT2D eigenvalue weighted by atomic mass is 10.2. The van der Waals surface area contributed by atoms with Crippen molar-refractivity contribution in [1.29, 1.82) is 5.26 Å². The molecule has 106 valence electrons. The van der Waals surface area contributed by atoms with Crippen molar-refractivity contribution in [2.24, 2.45) is 0 Å². The van der Waals surface area contributed by atoms with Crippen molar-refractivity contribution in [2.45, 2.75) is 0 Å². The summed E-state index contributed by atoms with van der Waals surface area (Å²) in [7, 11) is 0. The molecule has 3 aromatic rings. The Morgan fingerprint density at radius 2 is 2.14 bits per heavy atom. The largest absolute Gasteiger partial charge is 0.480 e. The number of H-pyrrole nitrogens is 1. The number of nitrogen functional groups attached to an aromatic ring is 1. The molecule has 0 aliphatic heterocycles. The van der Waals surface area contributed by atoms with Crippen molar-refractivity contribution in [3.8, 4) is 23.7 Å². The molecule has 0 bridgehead atoms. The van der Waals surface area contributed by atoms with Crippen LogP contribution >= 0.6 is 0 Å². The van der Waals surface area contributed by atoms with E-state index >= 15 is 0 Å². The minimum absolute atomic E-state index is 0.176. The third kappa shape index (κ3) is 2.67. The number of benzene rings is 1. The Balaban J connectivity index is 1.73. The molecule has 2 aromatic heterocycles. The van der Waals surface area contributed by atoms with Gasteiger partial charge in [-0.05, 0) is 24.1 Å². The minimum atomic E-state index is 0.176. The van der Waals surface area contributed by atoms with Gasteiger partial charge in [0.25, 0.3) is 0 Å². The number of aromatic amines is 1. The molecular weight excluding hydrogens is 278 g/mol. The highest BCUT2D eigenvalue weighted by atomic mass is 16.5. The number of anilines is 1. The quantitative estimate of drug-likeness (QED) is 0.701. The second kappa shape index (κ2) is 5.86. The van der Waals surface area contributed by atoms with Gasteiger partial charge in [-0.15, -0.1) is 0 Å². The summed E-state index contributed by atoms with van der Waals surface area (Å²) >= 11 is 0. The van der Waals surface area contributed by atoms with Gasteiger partial charge >= 0.3 is 0 Å². The van der Waals surface area contributed by atoms with E-state index < -0.39 is 0 Å². The fourth-order valence-corrected chi connectivity index (χ4v) is 1.96. The number of ether oxygens (including phenoxy) is 1. The summed E-state index contributed by atoms with van der Waals surface area (Å²) in [6.07, 6.45) is 1.40. The minimum Gasteiger partial charge on any atom is -0.480 e. The number of nitriles is 1. The first-order valence-electron chi connectivity index (χ1n) is 6.48. The number of nitrogens with one attached hydrogen (secondary N) is 1. The Morgan fingerprint density at radius 3 is 2.95 bits per heavy atom. The maximum Gasteiger partial charge on any atom is 0.149 e. The van der Waals surface area contributed by atoms with Crippen molar-refractivity contribution in [1.82, 2.24) is 15.0 Å². The Hall–Kier alpha value is -3.51. The predicted octanol–water partition coefficient (Wildman–Crippen LogP) is 1.84. The van der Waals surface area contributed by atoms with Gasteiger partial charge in [-0.25, -0.2) is 9.97 Å². The summed E-state index contributed by atoms with van der Waals surface area (Å²) in [4.78, 5) is 11.0. The molecule has 6 heteroatoms. The molecular formula is C16H11N5O. The maximum atomic E-state index is 8.96. The molecule has 22 heavy (non-hydrogen) atoms. The third-order valence-electron chi connectivity index (χ3n) is 2.99. The van der Waals surface area contributed by atoms with E-state index in [1.807, 2.05) is 6.07 Å². The molecule has 1 aromatic carbocycles. The van der Waals surface area contributed by atoms with E-state index in [2.05, 4.69) is 32.9 Å². The van der Waals surface area contributed by atoms with Crippen LogP contribution < -0.4 is 10.5 Å². The van der Waals surface area contributed by atoms with Crippen LogP contribution in [-0.2, 0) is 0 Å². The van der Waals surface area contributed by atoms with E-state index in [0.717, 1.165) is 5.39 Å². The van der Waals surface area contributed by atoms with Crippen molar-refractivity contribution in [2.75, 3.05) is 12.3 Å². The number of para-hydroxylation sites is 1. The van der Waals surface area contributed by atoms with Gasteiger partial charge in [-0.1, -0.05) is 18.1 Å². The Kier molecular flexibility index (Phi) is 3.59. The number of aromatic nitrogens is 3. The predicted molar refractivity (Wildman–Crippen MR) is 81.8 cm³/mol. The molecule has 0 fully saturated rings. The Bertz CT molecular complexity index is 927. The molecule has 0 spiro atoms. The Morgan fingerprint density at radius 1 is 1.27 bits per heavy atom. The average Bonchev–Trinajstić information content (AvgIpc) is 2.96. The molecule has 6 nitrogen and oxygen atoms in total. The standard InChI is InChI=1S/C16H11N5O/c17-9-11-4-1-2-6-14(11)22-7-3-5-12-8-13-15(18)19-10-20-16(13)21-12/h1-2,4,6,8,10H,7H2,(H3,18,19,20,21). The zero-order chi connectivity index (χ0) is 15.4. The maximum absolute atomic E-state index is 8.96. The Labute approximate surface area is 126 Å². The van der Waals surface area contributed by atoms with Gasteiger partial charge in [-0.3, -0.25) is 0 Å². The molecule has 0 atom stereocenters. The molecule has 0 amide bonds. The van der Waals surface area contributed by atoms with Gasteiger partial charge in [0, 0.05) is 0 Å². The zero-order valence-corrected chi connectivity index (χ0v) is 11.5. The number of nitrogens with two attached hydrogens (primary N) is 1.